The molecular weight excluding hydrogens is 576 g/mol. The van der Waals surface area contributed by atoms with E-state index in [2.05, 4.69) is 20.3 Å². The van der Waals surface area contributed by atoms with Gasteiger partial charge in [-0.15, -0.1) is 0 Å². The van der Waals surface area contributed by atoms with Crippen molar-refractivity contribution in [1.82, 2.24) is 4.90 Å². The van der Waals surface area contributed by atoms with Gasteiger partial charge in [0.15, 0.2) is 17.3 Å². The monoisotopic (exact) mass is 598 g/mol. The molecule has 2 aromatic rings. The largest absolute Gasteiger partial charge is 0.424 e. The number of rotatable bonds is 6. The molecule has 2 atom stereocenters. The zero-order chi connectivity index (χ0) is 30.2. The van der Waals surface area contributed by atoms with Crippen molar-refractivity contribution in [2.24, 2.45) is 10.1 Å². The number of fused-ring (bicyclic) bond motifs is 4. The van der Waals surface area contributed by atoms with E-state index in [0.29, 0.717) is 42.5 Å². The highest BCUT2D eigenvalue weighted by Gasteiger charge is 2.37. The Hall–Kier alpha value is -5.04. The van der Waals surface area contributed by atoms with E-state index in [0.717, 1.165) is 0 Å². The normalized spacial score (nSPS) is 20.0. The molecule has 2 N–H and O–H groups in total. The summed E-state index contributed by atoms with van der Waals surface area (Å²) in [7, 11) is 0. The fraction of sp³-hybridized carbons (Fsp3) is 0.241. The van der Waals surface area contributed by atoms with Gasteiger partial charge in [-0.05, 0) is 35.6 Å². The fourth-order valence-corrected chi connectivity index (χ4v) is 6.03. The van der Waals surface area contributed by atoms with Crippen LogP contribution in [0, 0.1) is 0 Å². The van der Waals surface area contributed by atoms with Gasteiger partial charge in [0.25, 0.3) is 11.8 Å². The first-order chi connectivity index (χ1) is 20.8. The van der Waals surface area contributed by atoms with Crippen LogP contribution in [0.25, 0.3) is 10.4 Å². The van der Waals surface area contributed by atoms with Crippen LogP contribution in [0.4, 0.5) is 11.4 Å². The Morgan fingerprint density at radius 3 is 2.67 bits per heavy atom. The molecule has 2 unspecified atom stereocenters. The predicted octanol–water partition coefficient (Wildman–Crippen LogP) is 4.12. The minimum absolute atomic E-state index is 0.0681. The molecule has 14 heteroatoms. The minimum atomic E-state index is -1.01. The Morgan fingerprint density at radius 1 is 1.14 bits per heavy atom. The molecule has 1 saturated heterocycles. The Morgan fingerprint density at radius 2 is 1.91 bits per heavy atom. The molecule has 43 heavy (non-hydrogen) atoms. The molecule has 0 radical (unpaired) electrons. The van der Waals surface area contributed by atoms with Gasteiger partial charge in [0.2, 0.25) is 5.91 Å². The zero-order valence-corrected chi connectivity index (χ0v) is 23.2. The Kier molecular flexibility index (Phi) is 7.40. The third-order valence-corrected chi connectivity index (χ3v) is 8.13. The molecule has 2 aromatic carbocycles. The van der Waals surface area contributed by atoms with E-state index in [1.165, 1.54) is 29.3 Å². The molecule has 0 bridgehead atoms. The predicted molar refractivity (Wildman–Crippen MR) is 156 cm³/mol. The number of ketones is 2. The van der Waals surface area contributed by atoms with Crippen LogP contribution in [0.1, 0.15) is 60.7 Å². The number of nitrogens with zero attached hydrogens (tertiary/aromatic N) is 5. The fourth-order valence-electron chi connectivity index (χ4n) is 5.52. The summed E-state index contributed by atoms with van der Waals surface area (Å²) in [5.74, 6) is -2.99. The lowest BCUT2D eigenvalue weighted by atomic mass is 9.78. The van der Waals surface area contributed by atoms with Crippen LogP contribution >= 0.6 is 12.0 Å². The van der Waals surface area contributed by atoms with E-state index in [1.807, 2.05) is 0 Å². The van der Waals surface area contributed by atoms with E-state index in [4.69, 9.17) is 9.71 Å². The first-order valence-corrected chi connectivity index (χ1v) is 14.2. The van der Waals surface area contributed by atoms with Crippen LogP contribution in [0.3, 0.4) is 0 Å². The van der Waals surface area contributed by atoms with Crippen LogP contribution in [-0.2, 0) is 4.79 Å². The summed E-state index contributed by atoms with van der Waals surface area (Å²) in [4.78, 5) is 73.2. The van der Waals surface area contributed by atoms with E-state index < -0.39 is 29.9 Å². The van der Waals surface area contributed by atoms with Crippen LogP contribution < -0.4 is 9.50 Å². The summed E-state index contributed by atoms with van der Waals surface area (Å²) in [6, 6.07) is 6.81. The number of aliphatic imine (C=N–C) groups is 1. The number of benzene rings is 2. The topological polar surface area (TPSA) is 191 Å². The van der Waals surface area contributed by atoms with Gasteiger partial charge in [-0.25, -0.2) is 0 Å². The van der Waals surface area contributed by atoms with Crippen LogP contribution in [0.2, 0.25) is 0 Å². The Bertz CT molecular complexity index is 1770. The smallest absolute Gasteiger partial charge is 0.256 e. The van der Waals surface area contributed by atoms with E-state index in [1.54, 1.807) is 24.3 Å². The lowest BCUT2D eigenvalue weighted by Gasteiger charge is -2.24. The summed E-state index contributed by atoms with van der Waals surface area (Å²) < 4.78 is 5.66. The molecule has 4 aliphatic rings. The summed E-state index contributed by atoms with van der Waals surface area (Å²) in [5, 5.41) is 15.8. The van der Waals surface area contributed by atoms with E-state index in [-0.39, 0.29) is 63.2 Å². The average Bonchev–Trinajstić information content (AvgIpc) is 3.33. The second-order valence-electron chi connectivity index (χ2n) is 10.1. The maximum Gasteiger partial charge on any atom is 0.256 e. The van der Waals surface area contributed by atoms with Gasteiger partial charge in [-0.1, -0.05) is 24.3 Å². The molecule has 2 aliphatic carbocycles. The molecule has 6 rings (SSSR count). The van der Waals surface area contributed by atoms with Gasteiger partial charge >= 0.3 is 0 Å². The van der Waals surface area contributed by atoms with Crippen molar-refractivity contribution < 1.29 is 33.3 Å². The number of nitrogens with one attached hydrogen (secondary N) is 1. The number of hydrogen-bond donors (Lipinski definition) is 2. The van der Waals surface area contributed by atoms with Crippen molar-refractivity contribution in [3.05, 3.63) is 86.3 Å². The number of amides is 3. The highest BCUT2D eigenvalue weighted by molar-refractivity contribution is 7.95. The lowest BCUT2D eigenvalue weighted by molar-refractivity contribution is -0.113. The maximum atomic E-state index is 13.2. The first kappa shape index (κ1) is 28.1. The van der Waals surface area contributed by atoms with Gasteiger partial charge in [0.1, 0.15) is 5.75 Å². The van der Waals surface area contributed by atoms with Gasteiger partial charge in [-0.3, -0.25) is 29.0 Å². The molecule has 2 aliphatic heterocycles. The molecule has 216 valence electrons. The number of anilines is 1. The van der Waals surface area contributed by atoms with Crippen molar-refractivity contribution in [2.45, 2.75) is 31.4 Å². The second-order valence-corrected chi connectivity index (χ2v) is 10.8. The van der Waals surface area contributed by atoms with Crippen molar-refractivity contribution in [2.75, 3.05) is 17.6 Å². The molecule has 3 amide bonds. The number of carbonyl (C=O) groups excluding carboxylic acids is 5. The van der Waals surface area contributed by atoms with Crippen LogP contribution in [0.15, 0.2) is 63.7 Å². The standard InChI is InChI=1S/C29H22N6O7S/c30-34-33-28(40)20-9-19-22(31-11-14-8-15(36)12-35(14)29(19)41)10-23(20)42-43-13-24(37)32-21-7-3-6-18-25(21)27(39)17-5-2-1-4-16(17)26(18)38/h3-7,9-11,14-15,36H,1-2,8,12-13H2,(H,32,37). The Balaban J connectivity index is 1.21. The quantitative estimate of drug-likeness (QED) is 0.215. The van der Waals surface area contributed by atoms with Crippen molar-refractivity contribution in [3.63, 3.8) is 0 Å². The number of carbonyl (C=O) groups is 5. The summed E-state index contributed by atoms with van der Waals surface area (Å²) in [6.45, 7) is 0.109. The molecule has 0 spiro atoms. The molecule has 0 aromatic heterocycles. The third-order valence-electron chi connectivity index (χ3n) is 7.45. The molecule has 13 nitrogen and oxygen atoms in total. The molecule has 0 saturated carbocycles. The minimum Gasteiger partial charge on any atom is -0.424 e. The van der Waals surface area contributed by atoms with E-state index >= 15 is 0 Å². The Labute approximate surface area is 248 Å². The second kappa shape index (κ2) is 11.3. The maximum absolute atomic E-state index is 13.2. The van der Waals surface area contributed by atoms with Crippen LogP contribution in [-0.4, -0.2) is 70.0 Å². The third kappa shape index (κ3) is 5.12. The van der Waals surface area contributed by atoms with E-state index in [9.17, 15) is 29.1 Å². The molecule has 1 fully saturated rings. The average molecular weight is 599 g/mol. The number of hydrogen-bond acceptors (Lipinski definition) is 9. The van der Waals surface area contributed by atoms with Gasteiger partial charge < -0.3 is 19.5 Å². The van der Waals surface area contributed by atoms with Crippen molar-refractivity contribution in [3.8, 4) is 5.75 Å². The molecule has 2 heterocycles. The summed E-state index contributed by atoms with van der Waals surface area (Å²) in [6.07, 6.45) is 5.97. The van der Waals surface area contributed by atoms with Crippen LogP contribution in [0.5, 0.6) is 5.75 Å². The van der Waals surface area contributed by atoms with Gasteiger partial charge in [-0.2, -0.15) is 0 Å². The SMILES string of the molecule is [N-]=[N+]=NC(=O)c1cc2c(cc1OSCC(=O)Nc1cccc3c1C(=O)C1=CCCC=C1C3=O)N=CC1CC(O)CN1C2=O. The van der Waals surface area contributed by atoms with Gasteiger partial charge in [0.05, 0.1) is 52.3 Å². The summed E-state index contributed by atoms with van der Waals surface area (Å²) in [5.41, 5.74) is 10.1. The van der Waals surface area contributed by atoms with Crippen molar-refractivity contribution in [1.29, 1.82) is 0 Å². The number of azide groups is 1. The molecular formula is C29H22N6O7S. The summed E-state index contributed by atoms with van der Waals surface area (Å²) >= 11 is 0.662. The van der Waals surface area contributed by atoms with Crippen molar-refractivity contribution >= 4 is 58.9 Å². The lowest BCUT2D eigenvalue weighted by Crippen LogP contribution is -2.35. The number of Topliss-reactive ketones (excluding diaryl/α,β-unsaturated/α-hetero) is 2. The zero-order valence-electron chi connectivity index (χ0n) is 22.4. The number of aliphatic hydroxyl groups excluding tert-OH is 1. The number of allylic oxidation sites excluding steroid dienone is 4. The highest BCUT2D eigenvalue weighted by atomic mass is 32.2. The van der Waals surface area contributed by atoms with Gasteiger partial charge in [0, 0.05) is 46.9 Å². The number of aliphatic hydroxyl groups is 1. The highest BCUT2D eigenvalue weighted by Crippen LogP contribution is 2.38. The first-order valence-electron chi connectivity index (χ1n) is 13.3.